The van der Waals surface area contributed by atoms with Crippen LogP contribution >= 0.6 is 0 Å². The van der Waals surface area contributed by atoms with Crippen molar-refractivity contribution >= 4 is 17.8 Å². The Morgan fingerprint density at radius 3 is 2.21 bits per heavy atom. The maximum Gasteiger partial charge on any atom is 0.326 e. The van der Waals surface area contributed by atoms with Gasteiger partial charge in [0.1, 0.15) is 6.04 Å². The van der Waals surface area contributed by atoms with Gasteiger partial charge in [-0.25, -0.2) is 4.79 Å². The molecule has 0 rings (SSSR count). The van der Waals surface area contributed by atoms with Crippen molar-refractivity contribution in [1.82, 2.24) is 5.32 Å². The third-order valence-corrected chi connectivity index (χ3v) is 2.69. The standard InChI is InChI=1S/C12H22N2O5/c1-12(2,3)9(13)10(16)14-7(11(17)18)5-6-8(15)19-4/h7,9H,5-6,13H2,1-4H3,(H,14,16)(H,17,18)/t7?,9-/m0/s1. The lowest BCUT2D eigenvalue weighted by molar-refractivity contribution is -0.144. The Kier molecular flexibility index (Phi) is 6.47. The summed E-state index contributed by atoms with van der Waals surface area (Å²) in [5.41, 5.74) is 5.25. The predicted molar refractivity (Wildman–Crippen MR) is 68.2 cm³/mol. The van der Waals surface area contributed by atoms with E-state index in [2.05, 4.69) is 10.1 Å². The van der Waals surface area contributed by atoms with E-state index >= 15 is 0 Å². The molecule has 7 heteroatoms. The Hall–Kier alpha value is -1.63. The lowest BCUT2D eigenvalue weighted by Gasteiger charge is -2.27. The van der Waals surface area contributed by atoms with Crippen molar-refractivity contribution in [3.63, 3.8) is 0 Å². The van der Waals surface area contributed by atoms with E-state index < -0.39 is 35.3 Å². The topological polar surface area (TPSA) is 119 Å². The van der Waals surface area contributed by atoms with E-state index in [1.165, 1.54) is 7.11 Å². The number of nitrogens with two attached hydrogens (primary N) is 1. The first-order valence-electron chi connectivity index (χ1n) is 5.95. The largest absolute Gasteiger partial charge is 0.480 e. The lowest BCUT2D eigenvalue weighted by atomic mass is 9.87. The van der Waals surface area contributed by atoms with Crippen LogP contribution in [0.5, 0.6) is 0 Å². The summed E-state index contributed by atoms with van der Waals surface area (Å²) in [5.74, 6) is -2.29. The molecule has 0 aliphatic carbocycles. The van der Waals surface area contributed by atoms with Gasteiger partial charge >= 0.3 is 11.9 Å². The number of hydrogen-bond donors (Lipinski definition) is 3. The van der Waals surface area contributed by atoms with Crippen molar-refractivity contribution in [2.75, 3.05) is 7.11 Å². The van der Waals surface area contributed by atoms with Gasteiger partial charge in [-0.1, -0.05) is 20.8 Å². The molecule has 0 aromatic carbocycles. The molecule has 2 atom stereocenters. The van der Waals surface area contributed by atoms with E-state index in [0.29, 0.717) is 0 Å². The second-order valence-electron chi connectivity index (χ2n) is 5.36. The number of carbonyl (C=O) groups is 3. The summed E-state index contributed by atoms with van der Waals surface area (Å²) in [7, 11) is 1.21. The summed E-state index contributed by atoms with van der Waals surface area (Å²) < 4.78 is 4.42. The fourth-order valence-electron chi connectivity index (χ4n) is 1.28. The van der Waals surface area contributed by atoms with E-state index in [1.54, 1.807) is 20.8 Å². The Morgan fingerprint density at radius 2 is 1.84 bits per heavy atom. The van der Waals surface area contributed by atoms with Gasteiger partial charge in [-0.15, -0.1) is 0 Å². The van der Waals surface area contributed by atoms with Crippen LogP contribution in [-0.4, -0.2) is 42.1 Å². The third-order valence-electron chi connectivity index (χ3n) is 2.69. The molecule has 0 saturated carbocycles. The molecule has 0 aliphatic heterocycles. The highest BCUT2D eigenvalue weighted by molar-refractivity contribution is 5.87. The van der Waals surface area contributed by atoms with Gasteiger partial charge in [0, 0.05) is 6.42 Å². The number of aliphatic carboxylic acids is 1. The number of nitrogens with one attached hydrogen (secondary N) is 1. The van der Waals surface area contributed by atoms with Crippen molar-refractivity contribution in [3.05, 3.63) is 0 Å². The molecule has 4 N–H and O–H groups in total. The van der Waals surface area contributed by atoms with E-state index in [-0.39, 0.29) is 12.8 Å². The first-order valence-corrected chi connectivity index (χ1v) is 5.95. The number of carboxylic acids is 1. The molecule has 0 aromatic rings. The van der Waals surface area contributed by atoms with Crippen LogP contribution in [0.2, 0.25) is 0 Å². The summed E-state index contributed by atoms with van der Waals surface area (Å²) in [4.78, 5) is 33.8. The summed E-state index contributed by atoms with van der Waals surface area (Å²) in [6.45, 7) is 5.34. The average Bonchev–Trinajstić information content (AvgIpc) is 2.30. The molecular weight excluding hydrogens is 252 g/mol. The summed E-state index contributed by atoms with van der Waals surface area (Å²) in [6.07, 6.45) is -0.122. The molecule has 0 fully saturated rings. The number of ether oxygens (including phenoxy) is 1. The molecule has 1 unspecified atom stereocenters. The van der Waals surface area contributed by atoms with E-state index in [0.717, 1.165) is 0 Å². The second kappa shape index (κ2) is 7.08. The number of esters is 1. The van der Waals surface area contributed by atoms with Gasteiger partial charge in [0.25, 0.3) is 0 Å². The van der Waals surface area contributed by atoms with Crippen molar-refractivity contribution in [2.24, 2.45) is 11.1 Å². The maximum absolute atomic E-state index is 11.8. The van der Waals surface area contributed by atoms with Crippen LogP contribution in [0.4, 0.5) is 0 Å². The number of carbonyl (C=O) groups excluding carboxylic acids is 2. The Labute approximate surface area is 112 Å². The molecule has 1 amide bonds. The van der Waals surface area contributed by atoms with Gasteiger partial charge < -0.3 is 20.9 Å². The van der Waals surface area contributed by atoms with Gasteiger partial charge in [-0.2, -0.15) is 0 Å². The fourth-order valence-corrected chi connectivity index (χ4v) is 1.28. The third kappa shape index (κ3) is 6.19. The first kappa shape index (κ1) is 17.4. The zero-order valence-corrected chi connectivity index (χ0v) is 11.7. The van der Waals surface area contributed by atoms with Crippen LogP contribution in [0.25, 0.3) is 0 Å². The molecular formula is C12H22N2O5. The number of hydrogen-bond acceptors (Lipinski definition) is 5. The first-order chi connectivity index (χ1) is 8.59. The zero-order valence-electron chi connectivity index (χ0n) is 11.7. The van der Waals surface area contributed by atoms with Gasteiger partial charge in [-0.3, -0.25) is 9.59 Å². The van der Waals surface area contributed by atoms with Crippen molar-refractivity contribution in [2.45, 2.75) is 45.7 Å². The molecule has 0 heterocycles. The Morgan fingerprint density at radius 1 is 1.32 bits per heavy atom. The number of carboxylic acid groups (broad SMARTS) is 1. The summed E-state index contributed by atoms with van der Waals surface area (Å²) >= 11 is 0. The molecule has 7 nitrogen and oxygen atoms in total. The Balaban J connectivity index is 4.55. The monoisotopic (exact) mass is 274 g/mol. The Bertz CT molecular complexity index is 349. The number of rotatable bonds is 6. The zero-order chi connectivity index (χ0) is 15.2. The highest BCUT2D eigenvalue weighted by Crippen LogP contribution is 2.17. The molecule has 110 valence electrons. The van der Waals surface area contributed by atoms with Crippen LogP contribution < -0.4 is 11.1 Å². The molecule has 0 spiro atoms. The van der Waals surface area contributed by atoms with Gasteiger partial charge in [0.15, 0.2) is 0 Å². The number of amides is 1. The van der Waals surface area contributed by atoms with Crippen LogP contribution in [0.1, 0.15) is 33.6 Å². The minimum absolute atomic E-state index is 0.0371. The molecule has 0 aromatic heterocycles. The van der Waals surface area contributed by atoms with Crippen molar-refractivity contribution in [1.29, 1.82) is 0 Å². The highest BCUT2D eigenvalue weighted by Gasteiger charge is 2.30. The molecule has 0 radical (unpaired) electrons. The van der Waals surface area contributed by atoms with E-state index in [1.807, 2.05) is 0 Å². The fraction of sp³-hybridized carbons (Fsp3) is 0.750. The molecule has 0 bridgehead atoms. The SMILES string of the molecule is COC(=O)CCC(NC(=O)[C@H](N)C(C)(C)C)C(=O)O. The maximum atomic E-state index is 11.8. The van der Waals surface area contributed by atoms with Crippen LogP contribution in [-0.2, 0) is 19.1 Å². The van der Waals surface area contributed by atoms with Gasteiger partial charge in [-0.05, 0) is 11.8 Å². The lowest BCUT2D eigenvalue weighted by Crippen LogP contribution is -2.53. The van der Waals surface area contributed by atoms with E-state index in [4.69, 9.17) is 10.8 Å². The van der Waals surface area contributed by atoms with Crippen LogP contribution in [0.3, 0.4) is 0 Å². The normalized spacial score (nSPS) is 14.4. The quantitative estimate of drug-likeness (QED) is 0.581. The predicted octanol–water partition coefficient (Wildman–Crippen LogP) is -0.118. The minimum atomic E-state index is -1.21. The molecule has 0 saturated heterocycles. The average molecular weight is 274 g/mol. The summed E-state index contributed by atoms with van der Waals surface area (Å²) in [5, 5.41) is 11.3. The van der Waals surface area contributed by atoms with Gasteiger partial charge in [0.05, 0.1) is 13.2 Å². The molecule has 19 heavy (non-hydrogen) atoms. The van der Waals surface area contributed by atoms with Gasteiger partial charge in [0.2, 0.25) is 5.91 Å². The van der Waals surface area contributed by atoms with Crippen LogP contribution in [0.15, 0.2) is 0 Å². The number of methoxy groups -OCH3 is 1. The summed E-state index contributed by atoms with van der Waals surface area (Å²) in [6, 6.07) is -1.98. The minimum Gasteiger partial charge on any atom is -0.480 e. The van der Waals surface area contributed by atoms with Crippen molar-refractivity contribution < 1.29 is 24.2 Å². The highest BCUT2D eigenvalue weighted by atomic mass is 16.5. The van der Waals surface area contributed by atoms with Crippen molar-refractivity contribution in [3.8, 4) is 0 Å². The second-order valence-corrected chi connectivity index (χ2v) is 5.36. The van der Waals surface area contributed by atoms with Crippen LogP contribution in [0, 0.1) is 5.41 Å². The molecule has 0 aliphatic rings. The smallest absolute Gasteiger partial charge is 0.326 e. The van der Waals surface area contributed by atoms with E-state index in [9.17, 15) is 14.4 Å².